The number of halogens is 1. The molecule has 5 nitrogen and oxygen atoms in total. The minimum Gasteiger partial charge on any atom is -0.447 e. The lowest BCUT2D eigenvalue weighted by Gasteiger charge is -2.37. The van der Waals surface area contributed by atoms with E-state index in [4.69, 9.17) is 16.3 Å². The fourth-order valence-electron chi connectivity index (χ4n) is 3.38. The quantitative estimate of drug-likeness (QED) is 0.845. The molecule has 0 aliphatic carbocycles. The third-order valence-electron chi connectivity index (χ3n) is 4.65. The number of cyclic esters (lactones) is 1. The highest BCUT2D eigenvalue weighted by molar-refractivity contribution is 7.99. The zero-order valence-electron chi connectivity index (χ0n) is 13.7. The average Bonchev–Trinajstić information content (AvgIpc) is 3.08. The first-order valence-corrected chi connectivity index (χ1v) is 9.49. The van der Waals surface area contributed by atoms with Gasteiger partial charge in [-0.1, -0.05) is 41.9 Å². The van der Waals surface area contributed by atoms with E-state index >= 15 is 0 Å². The first-order valence-electron chi connectivity index (χ1n) is 8.23. The molecular weight excluding hydrogens is 374 g/mol. The summed E-state index contributed by atoms with van der Waals surface area (Å²) < 4.78 is 4.90. The molecule has 0 unspecified atom stereocenters. The van der Waals surface area contributed by atoms with Gasteiger partial charge < -0.3 is 9.84 Å². The van der Waals surface area contributed by atoms with E-state index in [2.05, 4.69) is 0 Å². The number of fused-ring (bicyclic) bond motifs is 1. The summed E-state index contributed by atoms with van der Waals surface area (Å²) in [5.41, 5.74) is 1.53. The number of amides is 2. The van der Waals surface area contributed by atoms with Crippen LogP contribution in [0.1, 0.15) is 22.5 Å². The van der Waals surface area contributed by atoms with Gasteiger partial charge in [-0.25, -0.2) is 9.69 Å². The maximum Gasteiger partial charge on any atom is 0.416 e. The first kappa shape index (κ1) is 17.4. The minimum atomic E-state index is -1.06. The smallest absolute Gasteiger partial charge is 0.416 e. The van der Waals surface area contributed by atoms with Gasteiger partial charge in [-0.2, -0.15) is 0 Å². The second-order valence-corrected chi connectivity index (χ2v) is 7.83. The molecule has 0 spiro atoms. The highest BCUT2D eigenvalue weighted by Crippen LogP contribution is 2.53. The Morgan fingerprint density at radius 2 is 2.00 bits per heavy atom. The second kappa shape index (κ2) is 6.95. The Balaban J connectivity index is 1.78. The fourth-order valence-corrected chi connectivity index (χ4v) is 5.00. The Morgan fingerprint density at radius 3 is 2.69 bits per heavy atom. The molecule has 134 valence electrons. The van der Waals surface area contributed by atoms with E-state index in [9.17, 15) is 14.7 Å². The van der Waals surface area contributed by atoms with Crippen LogP contribution in [0.2, 0.25) is 5.02 Å². The van der Waals surface area contributed by atoms with E-state index < -0.39 is 24.0 Å². The number of thioether (sulfide) groups is 1. The lowest BCUT2D eigenvalue weighted by molar-refractivity contribution is -0.136. The Morgan fingerprint density at radius 1 is 1.23 bits per heavy atom. The van der Waals surface area contributed by atoms with Crippen LogP contribution < -0.4 is 0 Å². The van der Waals surface area contributed by atoms with Gasteiger partial charge in [-0.3, -0.25) is 4.79 Å². The number of aliphatic hydroxyl groups is 1. The minimum absolute atomic E-state index is 0.180. The van der Waals surface area contributed by atoms with Crippen LogP contribution >= 0.6 is 23.4 Å². The number of hydrogen-bond donors (Lipinski definition) is 1. The number of benzene rings is 2. The molecule has 1 fully saturated rings. The zero-order chi connectivity index (χ0) is 18.3. The number of hydrogen-bond acceptors (Lipinski definition) is 5. The van der Waals surface area contributed by atoms with Crippen molar-refractivity contribution in [3.05, 3.63) is 64.7 Å². The van der Waals surface area contributed by atoms with Crippen LogP contribution in [0.15, 0.2) is 53.4 Å². The van der Waals surface area contributed by atoms with Crippen molar-refractivity contribution >= 4 is 35.4 Å². The molecule has 7 heteroatoms. The van der Waals surface area contributed by atoms with Crippen LogP contribution in [-0.4, -0.2) is 35.2 Å². The molecule has 0 saturated carbocycles. The van der Waals surface area contributed by atoms with Gasteiger partial charge in [-0.05, 0) is 29.3 Å². The number of carbonyl (C=O) groups excluding carboxylic acids is 2. The van der Waals surface area contributed by atoms with Crippen LogP contribution in [0, 0.1) is 5.92 Å². The molecule has 2 aliphatic rings. The van der Waals surface area contributed by atoms with Gasteiger partial charge >= 0.3 is 6.09 Å². The standard InChI is InChI=1S/C19H16ClNO4S/c20-12-6-7-14-13(10-12)16(22)15(18(23)21-8-9-25-19(21)24)17(26-14)11-4-2-1-3-5-11/h1-7,10,15-17,22H,8-9H2/t15-,16+,17+/m1/s1. The molecule has 0 bridgehead atoms. The lowest BCUT2D eigenvalue weighted by Crippen LogP contribution is -2.42. The third-order valence-corrected chi connectivity index (χ3v) is 6.33. The Kier molecular flexibility index (Phi) is 4.65. The van der Waals surface area contributed by atoms with Crippen molar-refractivity contribution in [3.8, 4) is 0 Å². The summed E-state index contributed by atoms with van der Waals surface area (Å²) in [6.07, 6.45) is -1.72. The summed E-state index contributed by atoms with van der Waals surface area (Å²) in [6.45, 7) is 0.383. The van der Waals surface area contributed by atoms with E-state index in [-0.39, 0.29) is 18.4 Å². The summed E-state index contributed by atoms with van der Waals surface area (Å²) >= 11 is 7.58. The number of nitrogens with zero attached hydrogens (tertiary/aromatic N) is 1. The summed E-state index contributed by atoms with van der Waals surface area (Å²) in [5, 5.41) is 11.2. The molecule has 2 aromatic carbocycles. The van der Waals surface area contributed by atoms with Gasteiger partial charge in [0.1, 0.15) is 6.61 Å². The van der Waals surface area contributed by atoms with Crippen molar-refractivity contribution in [2.75, 3.05) is 13.2 Å². The van der Waals surface area contributed by atoms with Crippen molar-refractivity contribution in [2.45, 2.75) is 16.2 Å². The van der Waals surface area contributed by atoms with Gasteiger partial charge in [0.25, 0.3) is 0 Å². The molecule has 2 amide bonds. The molecule has 1 saturated heterocycles. The Labute approximate surface area is 159 Å². The largest absolute Gasteiger partial charge is 0.447 e. The molecule has 2 aromatic rings. The summed E-state index contributed by atoms with van der Waals surface area (Å²) in [6, 6.07) is 14.8. The zero-order valence-corrected chi connectivity index (χ0v) is 15.2. The summed E-state index contributed by atoms with van der Waals surface area (Å²) in [7, 11) is 0. The fraction of sp³-hybridized carbons (Fsp3) is 0.263. The maximum absolute atomic E-state index is 13.1. The molecule has 26 heavy (non-hydrogen) atoms. The highest BCUT2D eigenvalue weighted by atomic mass is 35.5. The van der Waals surface area contributed by atoms with Gasteiger partial charge in [0.15, 0.2) is 0 Å². The van der Waals surface area contributed by atoms with Crippen LogP contribution in [0.5, 0.6) is 0 Å². The topological polar surface area (TPSA) is 66.8 Å². The van der Waals surface area contributed by atoms with Gasteiger partial charge in [0.05, 0.1) is 18.6 Å². The highest BCUT2D eigenvalue weighted by Gasteiger charge is 2.46. The van der Waals surface area contributed by atoms with Crippen LogP contribution in [0.4, 0.5) is 4.79 Å². The summed E-state index contributed by atoms with van der Waals surface area (Å²) in [5.74, 6) is -1.23. The molecule has 2 heterocycles. The van der Waals surface area contributed by atoms with Crippen molar-refractivity contribution in [1.82, 2.24) is 4.90 Å². The van der Waals surface area contributed by atoms with Crippen molar-refractivity contribution in [3.63, 3.8) is 0 Å². The number of rotatable bonds is 2. The number of carbonyl (C=O) groups is 2. The van der Waals surface area contributed by atoms with E-state index in [1.807, 2.05) is 36.4 Å². The Hall–Kier alpha value is -2.02. The van der Waals surface area contributed by atoms with Crippen LogP contribution in [0.25, 0.3) is 0 Å². The Bertz CT molecular complexity index is 860. The molecule has 0 radical (unpaired) electrons. The van der Waals surface area contributed by atoms with Gasteiger partial charge in [-0.15, -0.1) is 11.8 Å². The van der Waals surface area contributed by atoms with E-state index in [0.717, 1.165) is 15.4 Å². The molecule has 1 N–H and O–H groups in total. The number of aliphatic hydroxyl groups excluding tert-OH is 1. The SMILES string of the molecule is O=C1OCCN1C(=O)[C@@H]1[C@@H](O)c2cc(Cl)ccc2S[C@H]1c1ccccc1. The normalized spacial score (nSPS) is 24.9. The van der Waals surface area contributed by atoms with Crippen molar-refractivity contribution < 1.29 is 19.4 Å². The average molecular weight is 390 g/mol. The molecular formula is C19H16ClNO4S. The third kappa shape index (κ3) is 2.98. The van der Waals surface area contributed by atoms with Gasteiger partial charge in [0.2, 0.25) is 5.91 Å². The maximum atomic E-state index is 13.1. The monoisotopic (exact) mass is 389 g/mol. The number of imide groups is 1. The first-order chi connectivity index (χ1) is 12.6. The van der Waals surface area contributed by atoms with Crippen molar-refractivity contribution in [1.29, 1.82) is 0 Å². The van der Waals surface area contributed by atoms with E-state index in [1.54, 1.807) is 12.1 Å². The lowest BCUT2D eigenvalue weighted by atomic mass is 9.87. The van der Waals surface area contributed by atoms with E-state index in [1.165, 1.54) is 11.8 Å². The predicted molar refractivity (Wildman–Crippen MR) is 98.0 cm³/mol. The molecule has 2 aliphatic heterocycles. The van der Waals surface area contributed by atoms with Gasteiger partial charge in [0, 0.05) is 15.2 Å². The summed E-state index contributed by atoms with van der Waals surface area (Å²) in [4.78, 5) is 27.0. The molecule has 0 aromatic heterocycles. The predicted octanol–water partition coefficient (Wildman–Crippen LogP) is 3.82. The molecule has 3 atom stereocenters. The second-order valence-electron chi connectivity index (χ2n) is 6.21. The van der Waals surface area contributed by atoms with Crippen molar-refractivity contribution in [2.24, 2.45) is 5.92 Å². The van der Waals surface area contributed by atoms with Crippen LogP contribution in [-0.2, 0) is 9.53 Å². The molecule has 4 rings (SSSR count). The number of ether oxygens (including phenoxy) is 1. The van der Waals surface area contributed by atoms with Crippen LogP contribution in [0.3, 0.4) is 0 Å². The van der Waals surface area contributed by atoms with E-state index in [0.29, 0.717) is 10.6 Å².